The summed E-state index contributed by atoms with van der Waals surface area (Å²) in [5, 5.41) is 8.80. The second-order valence-corrected chi connectivity index (χ2v) is 6.63. The van der Waals surface area contributed by atoms with Gasteiger partial charge in [-0.05, 0) is 26.8 Å². The lowest BCUT2D eigenvalue weighted by Gasteiger charge is -2.10. The van der Waals surface area contributed by atoms with Crippen LogP contribution in [0.2, 0.25) is 0 Å². The van der Waals surface area contributed by atoms with Crippen LogP contribution in [0.25, 0.3) is 0 Å². The Balaban J connectivity index is 3.01. The molecule has 0 aliphatic rings. The minimum Gasteiger partial charge on any atom is -0.395 e. The lowest BCUT2D eigenvalue weighted by molar-refractivity contribution is 0.265. The predicted octanol–water partition coefficient (Wildman–Crippen LogP) is 1.02. The van der Waals surface area contributed by atoms with Crippen LogP contribution in [0, 0.1) is 13.8 Å². The fraction of sp³-hybridized carbons (Fsp3) is 0.556. The van der Waals surface area contributed by atoms with E-state index in [1.165, 1.54) is 11.3 Å². The van der Waals surface area contributed by atoms with Crippen LogP contribution >= 0.6 is 11.3 Å². The number of aliphatic hydroxyl groups is 1. The molecule has 0 aliphatic heterocycles. The van der Waals surface area contributed by atoms with Gasteiger partial charge in [-0.3, -0.25) is 0 Å². The van der Waals surface area contributed by atoms with Crippen LogP contribution in [-0.2, 0) is 10.0 Å². The fourth-order valence-electron chi connectivity index (χ4n) is 1.24. The van der Waals surface area contributed by atoms with Crippen LogP contribution in [0.15, 0.2) is 11.0 Å². The SMILES string of the molecule is Cc1cc(S(=O)(=O)NC(C)CO)c(C)s1. The monoisotopic (exact) mass is 249 g/mol. The molecular formula is C9H15NO3S2. The highest BCUT2D eigenvalue weighted by Crippen LogP contribution is 2.24. The van der Waals surface area contributed by atoms with Crippen molar-refractivity contribution in [3.63, 3.8) is 0 Å². The maximum Gasteiger partial charge on any atom is 0.241 e. The highest BCUT2D eigenvalue weighted by molar-refractivity contribution is 7.89. The molecule has 1 unspecified atom stereocenters. The minimum atomic E-state index is -3.48. The second-order valence-electron chi connectivity index (χ2n) is 3.48. The van der Waals surface area contributed by atoms with Gasteiger partial charge in [-0.2, -0.15) is 0 Å². The number of nitrogens with one attached hydrogen (secondary N) is 1. The summed E-state index contributed by atoms with van der Waals surface area (Å²) in [6, 6.07) is 1.18. The van der Waals surface area contributed by atoms with Crippen LogP contribution in [0.3, 0.4) is 0 Å². The molecule has 1 aromatic heterocycles. The first-order chi connectivity index (χ1) is 6.86. The molecule has 86 valence electrons. The minimum absolute atomic E-state index is 0.207. The molecule has 0 spiro atoms. The van der Waals surface area contributed by atoms with Crippen molar-refractivity contribution in [1.82, 2.24) is 4.72 Å². The lowest BCUT2D eigenvalue weighted by Crippen LogP contribution is -2.35. The maximum atomic E-state index is 11.8. The number of aryl methyl sites for hydroxylation is 2. The molecule has 1 aromatic rings. The first-order valence-corrected chi connectivity index (χ1v) is 6.87. The van der Waals surface area contributed by atoms with E-state index in [-0.39, 0.29) is 6.61 Å². The van der Waals surface area contributed by atoms with Gasteiger partial charge in [0.15, 0.2) is 0 Å². The topological polar surface area (TPSA) is 66.4 Å². The van der Waals surface area contributed by atoms with Crippen molar-refractivity contribution in [2.24, 2.45) is 0 Å². The van der Waals surface area contributed by atoms with Gasteiger partial charge in [0, 0.05) is 15.8 Å². The lowest BCUT2D eigenvalue weighted by atomic mass is 10.4. The quantitative estimate of drug-likeness (QED) is 0.837. The van der Waals surface area contributed by atoms with E-state index in [1.54, 1.807) is 19.9 Å². The Kier molecular flexibility index (Phi) is 3.88. The number of thiophene rings is 1. The Morgan fingerprint density at radius 1 is 1.53 bits per heavy atom. The summed E-state index contributed by atoms with van der Waals surface area (Å²) in [6.45, 7) is 5.05. The number of aliphatic hydroxyl groups excluding tert-OH is 1. The Morgan fingerprint density at radius 3 is 2.53 bits per heavy atom. The highest BCUT2D eigenvalue weighted by Gasteiger charge is 2.20. The molecule has 0 saturated carbocycles. The summed E-state index contributed by atoms with van der Waals surface area (Å²) in [5.41, 5.74) is 0. The molecule has 4 nitrogen and oxygen atoms in total. The maximum absolute atomic E-state index is 11.8. The molecule has 1 atom stereocenters. The zero-order chi connectivity index (χ0) is 11.6. The van der Waals surface area contributed by atoms with E-state index in [1.807, 2.05) is 6.92 Å². The molecular weight excluding hydrogens is 234 g/mol. The molecule has 0 aromatic carbocycles. The summed E-state index contributed by atoms with van der Waals surface area (Å²) in [7, 11) is -3.48. The third-order valence-corrected chi connectivity index (χ3v) is 4.73. The van der Waals surface area contributed by atoms with Gasteiger partial charge < -0.3 is 5.11 Å². The van der Waals surface area contributed by atoms with E-state index in [2.05, 4.69) is 4.72 Å². The molecule has 1 heterocycles. The van der Waals surface area contributed by atoms with Crippen molar-refractivity contribution >= 4 is 21.4 Å². The first kappa shape index (κ1) is 12.6. The smallest absolute Gasteiger partial charge is 0.241 e. The van der Waals surface area contributed by atoms with Crippen LogP contribution in [0.4, 0.5) is 0 Å². The Hall–Kier alpha value is -0.430. The van der Waals surface area contributed by atoms with Gasteiger partial charge in [-0.25, -0.2) is 13.1 Å². The Morgan fingerprint density at radius 2 is 2.13 bits per heavy atom. The first-order valence-electron chi connectivity index (χ1n) is 4.57. The summed E-state index contributed by atoms with van der Waals surface area (Å²) in [6.07, 6.45) is 0. The van der Waals surface area contributed by atoms with Crippen molar-refractivity contribution in [1.29, 1.82) is 0 Å². The molecule has 0 saturated heterocycles. The number of hydrogen-bond acceptors (Lipinski definition) is 4. The van der Waals surface area contributed by atoms with E-state index in [4.69, 9.17) is 5.11 Å². The summed E-state index contributed by atoms with van der Waals surface area (Å²) < 4.78 is 26.0. The van der Waals surface area contributed by atoms with E-state index in [0.29, 0.717) is 4.90 Å². The average Bonchev–Trinajstić information content (AvgIpc) is 2.45. The van der Waals surface area contributed by atoms with Crippen molar-refractivity contribution in [3.05, 3.63) is 15.8 Å². The molecule has 0 fully saturated rings. The largest absolute Gasteiger partial charge is 0.395 e. The zero-order valence-corrected chi connectivity index (χ0v) is 10.6. The summed E-state index contributed by atoms with van der Waals surface area (Å²) in [4.78, 5) is 2.04. The molecule has 1 rings (SSSR count). The number of rotatable bonds is 4. The van der Waals surface area contributed by atoms with Crippen molar-refractivity contribution in [2.75, 3.05) is 6.61 Å². The summed E-state index contributed by atoms with van der Waals surface area (Å²) in [5.74, 6) is 0. The number of sulfonamides is 1. The molecule has 2 N–H and O–H groups in total. The van der Waals surface area contributed by atoms with Gasteiger partial charge in [-0.15, -0.1) is 11.3 Å². The van der Waals surface area contributed by atoms with Crippen LogP contribution in [-0.4, -0.2) is 26.2 Å². The van der Waals surface area contributed by atoms with E-state index >= 15 is 0 Å². The van der Waals surface area contributed by atoms with Gasteiger partial charge in [-0.1, -0.05) is 0 Å². The third kappa shape index (κ3) is 3.01. The molecule has 0 radical (unpaired) electrons. The van der Waals surface area contributed by atoms with Gasteiger partial charge in [0.1, 0.15) is 0 Å². The van der Waals surface area contributed by atoms with Crippen LogP contribution < -0.4 is 4.72 Å². The Bertz CT molecular complexity index is 436. The van der Waals surface area contributed by atoms with Crippen molar-refractivity contribution in [2.45, 2.75) is 31.7 Å². The van der Waals surface area contributed by atoms with Gasteiger partial charge >= 0.3 is 0 Å². The van der Waals surface area contributed by atoms with E-state index < -0.39 is 16.1 Å². The van der Waals surface area contributed by atoms with E-state index in [0.717, 1.165) is 9.75 Å². The van der Waals surface area contributed by atoms with Crippen molar-refractivity contribution < 1.29 is 13.5 Å². The molecule has 6 heteroatoms. The molecule has 15 heavy (non-hydrogen) atoms. The summed E-state index contributed by atoms with van der Waals surface area (Å²) >= 11 is 1.45. The van der Waals surface area contributed by atoms with Gasteiger partial charge in [0.05, 0.1) is 11.5 Å². The highest BCUT2D eigenvalue weighted by atomic mass is 32.2. The average molecular weight is 249 g/mol. The van der Waals surface area contributed by atoms with E-state index in [9.17, 15) is 8.42 Å². The second kappa shape index (κ2) is 4.61. The predicted molar refractivity (Wildman–Crippen MR) is 60.7 cm³/mol. The number of hydrogen-bond donors (Lipinski definition) is 2. The molecule has 0 bridgehead atoms. The third-order valence-electron chi connectivity index (χ3n) is 1.92. The standard InChI is InChI=1S/C9H15NO3S2/c1-6(5-11)10-15(12,13)9-4-7(2)14-8(9)3/h4,6,10-11H,5H2,1-3H3. The van der Waals surface area contributed by atoms with Crippen LogP contribution in [0.5, 0.6) is 0 Å². The zero-order valence-electron chi connectivity index (χ0n) is 8.94. The molecule has 0 amide bonds. The van der Waals surface area contributed by atoms with Gasteiger partial charge in [0.25, 0.3) is 0 Å². The fourth-order valence-corrected chi connectivity index (χ4v) is 4.03. The van der Waals surface area contributed by atoms with Gasteiger partial charge in [0.2, 0.25) is 10.0 Å². The van der Waals surface area contributed by atoms with Crippen molar-refractivity contribution in [3.8, 4) is 0 Å². The molecule has 0 aliphatic carbocycles. The van der Waals surface area contributed by atoms with Crippen LogP contribution in [0.1, 0.15) is 16.7 Å². The Labute approximate surface area is 94.0 Å². The normalized spacial score (nSPS) is 14.1.